The van der Waals surface area contributed by atoms with Crippen molar-refractivity contribution in [2.45, 2.75) is 4.90 Å². The van der Waals surface area contributed by atoms with Gasteiger partial charge in [0, 0.05) is 12.7 Å². The zero-order chi connectivity index (χ0) is 21.8. The number of nitrogens with zero attached hydrogens (tertiary/aromatic N) is 1. The van der Waals surface area contributed by atoms with E-state index in [1.807, 2.05) is 0 Å². The maximum Gasteiger partial charge on any atom is 0.338 e. The standard InChI is InChI=1S/C17H15Cl2FN2O6S/c1-22(27-2)29(25,26)15-7-10(3-5-12(15)18)17(24)28-9-16(23)21-11-4-6-14(20)13(19)8-11/h3-8H,9H2,1-2H3,(H,21,23). The van der Waals surface area contributed by atoms with Crippen LogP contribution in [0.2, 0.25) is 10.0 Å². The van der Waals surface area contributed by atoms with Crippen LogP contribution in [0.25, 0.3) is 0 Å². The minimum Gasteiger partial charge on any atom is -0.452 e. The molecular formula is C17H15Cl2FN2O6S. The van der Waals surface area contributed by atoms with Crippen molar-refractivity contribution in [1.82, 2.24) is 4.47 Å². The van der Waals surface area contributed by atoms with Crippen molar-refractivity contribution < 1.29 is 32.0 Å². The lowest BCUT2D eigenvalue weighted by atomic mass is 10.2. The van der Waals surface area contributed by atoms with E-state index in [1.165, 1.54) is 24.3 Å². The van der Waals surface area contributed by atoms with Gasteiger partial charge in [-0.05, 0) is 36.4 Å². The van der Waals surface area contributed by atoms with Gasteiger partial charge in [-0.2, -0.15) is 0 Å². The third kappa shape index (κ3) is 5.64. The molecule has 2 aromatic rings. The summed E-state index contributed by atoms with van der Waals surface area (Å²) in [5.74, 6) is -2.31. The predicted octanol–water partition coefficient (Wildman–Crippen LogP) is 3.11. The molecule has 0 radical (unpaired) electrons. The number of hydroxylamine groups is 1. The number of carbonyl (C=O) groups is 2. The molecule has 0 atom stereocenters. The average Bonchev–Trinajstić information content (AvgIpc) is 2.68. The molecule has 0 aliphatic carbocycles. The first-order valence-corrected chi connectivity index (χ1v) is 10.0. The van der Waals surface area contributed by atoms with E-state index in [9.17, 15) is 22.4 Å². The Balaban J connectivity index is 2.08. The van der Waals surface area contributed by atoms with E-state index in [0.29, 0.717) is 4.47 Å². The number of sulfonamides is 1. The Morgan fingerprint density at radius 2 is 1.83 bits per heavy atom. The zero-order valence-corrected chi connectivity index (χ0v) is 17.4. The number of anilines is 1. The van der Waals surface area contributed by atoms with Crippen molar-refractivity contribution in [3.05, 3.63) is 57.8 Å². The number of amides is 1. The van der Waals surface area contributed by atoms with Crippen LogP contribution >= 0.6 is 23.2 Å². The number of rotatable bonds is 7. The van der Waals surface area contributed by atoms with Crippen molar-refractivity contribution in [3.63, 3.8) is 0 Å². The van der Waals surface area contributed by atoms with Gasteiger partial charge in [0.15, 0.2) is 6.61 Å². The van der Waals surface area contributed by atoms with Gasteiger partial charge in [0.05, 0.1) is 22.7 Å². The molecule has 156 valence electrons. The number of ether oxygens (including phenoxy) is 1. The summed E-state index contributed by atoms with van der Waals surface area (Å²) in [5, 5.41) is 2.06. The number of benzene rings is 2. The molecule has 12 heteroatoms. The minimum atomic E-state index is -4.11. The Bertz CT molecular complexity index is 1050. The Labute approximate surface area is 176 Å². The lowest BCUT2D eigenvalue weighted by Gasteiger charge is -2.15. The fourth-order valence-corrected chi connectivity index (χ4v) is 3.70. The van der Waals surface area contributed by atoms with Gasteiger partial charge in [-0.3, -0.25) is 9.63 Å². The van der Waals surface area contributed by atoms with E-state index >= 15 is 0 Å². The van der Waals surface area contributed by atoms with Crippen molar-refractivity contribution in [2.24, 2.45) is 0 Å². The quantitative estimate of drug-likeness (QED) is 0.498. The van der Waals surface area contributed by atoms with E-state index in [4.69, 9.17) is 27.9 Å². The monoisotopic (exact) mass is 464 g/mol. The van der Waals surface area contributed by atoms with Crippen LogP contribution in [-0.4, -0.2) is 45.5 Å². The summed E-state index contributed by atoms with van der Waals surface area (Å²) in [4.78, 5) is 28.4. The molecule has 0 fully saturated rings. The van der Waals surface area contributed by atoms with E-state index < -0.39 is 34.3 Å². The van der Waals surface area contributed by atoms with Crippen LogP contribution in [0.5, 0.6) is 0 Å². The molecule has 2 rings (SSSR count). The molecular weight excluding hydrogens is 450 g/mol. The summed E-state index contributed by atoms with van der Waals surface area (Å²) in [7, 11) is -1.80. The molecule has 8 nitrogen and oxygen atoms in total. The van der Waals surface area contributed by atoms with E-state index in [2.05, 4.69) is 10.2 Å². The van der Waals surface area contributed by atoms with Gasteiger partial charge >= 0.3 is 5.97 Å². The normalized spacial score (nSPS) is 11.4. The largest absolute Gasteiger partial charge is 0.452 e. The molecule has 0 bridgehead atoms. The fraction of sp³-hybridized carbons (Fsp3) is 0.176. The maximum absolute atomic E-state index is 13.1. The van der Waals surface area contributed by atoms with Crippen LogP contribution in [0.1, 0.15) is 10.4 Å². The van der Waals surface area contributed by atoms with E-state index in [-0.39, 0.29) is 26.2 Å². The number of nitrogens with one attached hydrogen (secondary N) is 1. The van der Waals surface area contributed by atoms with Crippen LogP contribution in [0.4, 0.5) is 10.1 Å². The highest BCUT2D eigenvalue weighted by Crippen LogP contribution is 2.25. The van der Waals surface area contributed by atoms with Crippen LogP contribution in [0, 0.1) is 5.82 Å². The number of halogens is 3. The Hall–Kier alpha value is -2.24. The number of hydrogen-bond donors (Lipinski definition) is 1. The van der Waals surface area contributed by atoms with Crippen molar-refractivity contribution >= 4 is 50.8 Å². The second kappa shape index (κ2) is 9.51. The number of carbonyl (C=O) groups excluding carboxylic acids is 2. The molecule has 0 heterocycles. The van der Waals surface area contributed by atoms with Crippen LogP contribution < -0.4 is 5.32 Å². The smallest absolute Gasteiger partial charge is 0.338 e. The van der Waals surface area contributed by atoms with Crippen LogP contribution in [0.15, 0.2) is 41.3 Å². The molecule has 0 saturated heterocycles. The Morgan fingerprint density at radius 1 is 1.14 bits per heavy atom. The van der Waals surface area contributed by atoms with Crippen LogP contribution in [-0.2, 0) is 24.4 Å². The third-order valence-corrected chi connectivity index (χ3v) is 6.03. The summed E-state index contributed by atoms with van der Waals surface area (Å²) in [6.07, 6.45) is 0. The first-order valence-electron chi connectivity index (χ1n) is 7.81. The molecule has 2 aromatic carbocycles. The highest BCUT2D eigenvalue weighted by atomic mass is 35.5. The molecule has 1 amide bonds. The van der Waals surface area contributed by atoms with Gasteiger partial charge in [-0.25, -0.2) is 17.6 Å². The van der Waals surface area contributed by atoms with E-state index in [0.717, 1.165) is 26.3 Å². The van der Waals surface area contributed by atoms with Crippen LogP contribution in [0.3, 0.4) is 0 Å². The molecule has 29 heavy (non-hydrogen) atoms. The highest BCUT2D eigenvalue weighted by Gasteiger charge is 2.25. The van der Waals surface area contributed by atoms with Gasteiger partial charge in [0.25, 0.3) is 15.9 Å². The number of esters is 1. The average molecular weight is 465 g/mol. The van der Waals surface area contributed by atoms with Crippen molar-refractivity contribution in [3.8, 4) is 0 Å². The van der Waals surface area contributed by atoms with Gasteiger partial charge in [-0.15, -0.1) is 0 Å². The summed E-state index contributed by atoms with van der Waals surface area (Å²) < 4.78 is 43.2. The van der Waals surface area contributed by atoms with E-state index in [1.54, 1.807) is 0 Å². The predicted molar refractivity (Wildman–Crippen MR) is 104 cm³/mol. The molecule has 0 saturated carbocycles. The Kier molecular flexibility index (Phi) is 7.55. The third-order valence-electron chi connectivity index (χ3n) is 3.58. The first-order chi connectivity index (χ1) is 13.6. The fourth-order valence-electron chi connectivity index (χ4n) is 2.05. The molecule has 0 unspecified atom stereocenters. The molecule has 1 N–H and O–H groups in total. The minimum absolute atomic E-state index is 0.128. The molecule has 0 aliphatic heterocycles. The molecule has 0 spiro atoms. The highest BCUT2D eigenvalue weighted by molar-refractivity contribution is 7.89. The Morgan fingerprint density at radius 3 is 2.45 bits per heavy atom. The molecule has 0 aromatic heterocycles. The van der Waals surface area contributed by atoms with Gasteiger partial charge in [0.2, 0.25) is 0 Å². The zero-order valence-electron chi connectivity index (χ0n) is 15.1. The lowest BCUT2D eigenvalue weighted by Crippen LogP contribution is -2.26. The topological polar surface area (TPSA) is 102 Å². The SMILES string of the molecule is CON(C)S(=O)(=O)c1cc(C(=O)OCC(=O)Nc2ccc(F)c(Cl)c2)ccc1Cl. The van der Waals surface area contributed by atoms with Gasteiger partial charge in [-0.1, -0.05) is 27.7 Å². The molecule has 0 aliphatic rings. The lowest BCUT2D eigenvalue weighted by molar-refractivity contribution is -0.119. The second-order valence-corrected chi connectivity index (χ2v) is 8.21. The second-order valence-electron chi connectivity index (χ2n) is 5.50. The summed E-state index contributed by atoms with van der Waals surface area (Å²) in [5.41, 5.74) is 0.0648. The van der Waals surface area contributed by atoms with Crippen molar-refractivity contribution in [2.75, 3.05) is 26.1 Å². The maximum atomic E-state index is 13.1. The van der Waals surface area contributed by atoms with Crippen molar-refractivity contribution in [1.29, 1.82) is 0 Å². The van der Waals surface area contributed by atoms with Gasteiger partial charge < -0.3 is 10.1 Å². The summed E-state index contributed by atoms with van der Waals surface area (Å²) in [6.45, 7) is -0.670. The summed E-state index contributed by atoms with van der Waals surface area (Å²) >= 11 is 11.5. The number of hydrogen-bond acceptors (Lipinski definition) is 6. The van der Waals surface area contributed by atoms with Gasteiger partial charge in [0.1, 0.15) is 10.7 Å². The summed E-state index contributed by atoms with van der Waals surface area (Å²) in [6, 6.07) is 7.00. The first kappa shape index (κ1) is 23.0.